The normalized spacial score (nSPS) is 17.3. The molecule has 0 aliphatic heterocycles. The van der Waals surface area contributed by atoms with Gasteiger partial charge in [0, 0.05) is 11.5 Å². The van der Waals surface area contributed by atoms with Gasteiger partial charge in [-0.1, -0.05) is 23.7 Å². The Morgan fingerprint density at radius 3 is 2.89 bits per heavy atom. The maximum absolute atomic E-state index is 6.13. The highest BCUT2D eigenvalue weighted by Crippen LogP contribution is 2.40. The molecule has 3 nitrogen and oxygen atoms in total. The third-order valence-corrected chi connectivity index (χ3v) is 3.95. The first kappa shape index (κ1) is 12.7. The summed E-state index contributed by atoms with van der Waals surface area (Å²) in [6.07, 6.45) is 1.85. The molecule has 1 aromatic carbocycles. The zero-order valence-corrected chi connectivity index (χ0v) is 11.9. The van der Waals surface area contributed by atoms with Gasteiger partial charge in [-0.25, -0.2) is 9.97 Å². The van der Waals surface area contributed by atoms with Gasteiger partial charge in [-0.15, -0.1) is 0 Å². The number of hydrogen-bond donors (Lipinski definition) is 0. The Balaban J connectivity index is 2.06. The number of ether oxygens (including phenoxy) is 1. The third-order valence-electron chi connectivity index (χ3n) is 3.47. The first-order chi connectivity index (χ1) is 9.19. The predicted molar refractivity (Wildman–Crippen MR) is 75.2 cm³/mol. The van der Waals surface area contributed by atoms with Gasteiger partial charge in [0.2, 0.25) is 5.28 Å². The van der Waals surface area contributed by atoms with Gasteiger partial charge >= 0.3 is 0 Å². The van der Waals surface area contributed by atoms with E-state index in [9.17, 15) is 0 Å². The Bertz CT molecular complexity index is 631. The molecule has 0 saturated heterocycles. The van der Waals surface area contributed by atoms with Crippen LogP contribution in [-0.2, 0) is 6.42 Å². The number of nitrogens with zero attached hydrogens (tertiary/aromatic N) is 2. The van der Waals surface area contributed by atoms with E-state index in [1.807, 2.05) is 18.2 Å². The van der Waals surface area contributed by atoms with Gasteiger partial charge in [0.15, 0.2) is 0 Å². The fourth-order valence-corrected chi connectivity index (χ4v) is 3.06. The van der Waals surface area contributed by atoms with Crippen LogP contribution in [0.25, 0.3) is 0 Å². The zero-order chi connectivity index (χ0) is 13.4. The lowest BCUT2D eigenvalue weighted by molar-refractivity contribution is 0.414. The molecule has 1 atom stereocenters. The average molecular weight is 295 g/mol. The van der Waals surface area contributed by atoms with E-state index in [4.69, 9.17) is 27.9 Å². The van der Waals surface area contributed by atoms with E-state index >= 15 is 0 Å². The van der Waals surface area contributed by atoms with Crippen LogP contribution in [0.15, 0.2) is 24.3 Å². The molecule has 1 unspecified atom stereocenters. The van der Waals surface area contributed by atoms with Gasteiger partial charge in [0.1, 0.15) is 10.9 Å². The van der Waals surface area contributed by atoms with E-state index in [0.29, 0.717) is 5.15 Å². The van der Waals surface area contributed by atoms with Crippen molar-refractivity contribution >= 4 is 23.2 Å². The maximum Gasteiger partial charge on any atom is 0.224 e. The highest BCUT2D eigenvalue weighted by atomic mass is 35.5. The molecule has 0 N–H and O–H groups in total. The van der Waals surface area contributed by atoms with Gasteiger partial charge < -0.3 is 4.74 Å². The van der Waals surface area contributed by atoms with E-state index in [-0.39, 0.29) is 11.2 Å². The van der Waals surface area contributed by atoms with Crippen LogP contribution >= 0.6 is 23.2 Å². The lowest BCUT2D eigenvalue weighted by atomic mass is 9.96. The second-order valence-corrected chi connectivity index (χ2v) is 5.21. The van der Waals surface area contributed by atoms with Crippen molar-refractivity contribution in [2.24, 2.45) is 0 Å². The number of hydrogen-bond acceptors (Lipinski definition) is 3. The Morgan fingerprint density at radius 1 is 1.26 bits per heavy atom. The molecule has 0 fully saturated rings. The first-order valence-electron chi connectivity index (χ1n) is 6.05. The topological polar surface area (TPSA) is 35.0 Å². The Kier molecular flexibility index (Phi) is 3.33. The highest BCUT2D eigenvalue weighted by Gasteiger charge is 2.28. The maximum atomic E-state index is 6.13. The molecular weight excluding hydrogens is 283 g/mol. The van der Waals surface area contributed by atoms with Crippen molar-refractivity contribution in [3.63, 3.8) is 0 Å². The smallest absolute Gasteiger partial charge is 0.224 e. The summed E-state index contributed by atoms with van der Waals surface area (Å²) in [6.45, 7) is 0. The number of halogens is 2. The minimum atomic E-state index is 0.207. The molecule has 1 aromatic heterocycles. The van der Waals surface area contributed by atoms with Crippen molar-refractivity contribution < 1.29 is 4.74 Å². The largest absolute Gasteiger partial charge is 0.497 e. The van der Waals surface area contributed by atoms with Crippen LogP contribution in [0.5, 0.6) is 5.75 Å². The summed E-state index contributed by atoms with van der Waals surface area (Å²) >= 11 is 12.0. The fraction of sp³-hybridized carbons (Fsp3) is 0.286. The quantitative estimate of drug-likeness (QED) is 0.623. The minimum Gasteiger partial charge on any atom is -0.497 e. The van der Waals surface area contributed by atoms with E-state index < -0.39 is 0 Å². The Morgan fingerprint density at radius 2 is 2.11 bits per heavy atom. The molecule has 98 valence electrons. The van der Waals surface area contributed by atoms with Crippen LogP contribution in [-0.4, -0.2) is 17.1 Å². The summed E-state index contributed by atoms with van der Waals surface area (Å²) in [5, 5.41) is 0.680. The molecule has 1 aliphatic carbocycles. The number of rotatable bonds is 2. The summed E-state index contributed by atoms with van der Waals surface area (Å²) in [4.78, 5) is 8.36. The van der Waals surface area contributed by atoms with Crippen LogP contribution in [0.1, 0.15) is 29.2 Å². The molecule has 1 heterocycles. The van der Waals surface area contributed by atoms with E-state index in [2.05, 4.69) is 16.0 Å². The van der Waals surface area contributed by atoms with Gasteiger partial charge in [-0.2, -0.15) is 0 Å². The van der Waals surface area contributed by atoms with Gasteiger partial charge in [-0.05, 0) is 42.1 Å². The number of fused-ring (bicyclic) bond motifs is 1. The SMILES string of the molecule is COc1cccc(C2CCc3c(Cl)nc(Cl)nc32)c1. The summed E-state index contributed by atoms with van der Waals surface area (Å²) < 4.78 is 5.26. The number of benzene rings is 1. The van der Waals surface area contributed by atoms with Crippen molar-refractivity contribution in [2.75, 3.05) is 7.11 Å². The predicted octanol–water partition coefficient (Wildman–Crippen LogP) is 3.87. The van der Waals surface area contributed by atoms with Gasteiger partial charge in [0.05, 0.1) is 12.8 Å². The second kappa shape index (κ2) is 4.99. The highest BCUT2D eigenvalue weighted by molar-refractivity contribution is 6.32. The molecule has 0 amide bonds. The van der Waals surface area contributed by atoms with Crippen LogP contribution < -0.4 is 4.74 Å². The molecule has 5 heteroatoms. The summed E-state index contributed by atoms with van der Waals surface area (Å²) in [6, 6.07) is 8.02. The zero-order valence-electron chi connectivity index (χ0n) is 10.4. The standard InChI is InChI=1S/C14H12Cl2N2O/c1-19-9-4-2-3-8(7-9)10-5-6-11-12(10)17-14(16)18-13(11)15/h2-4,7,10H,5-6H2,1H3. The van der Waals surface area contributed by atoms with Gasteiger partial charge in [0.25, 0.3) is 0 Å². The molecule has 19 heavy (non-hydrogen) atoms. The molecule has 3 rings (SSSR count). The first-order valence-corrected chi connectivity index (χ1v) is 6.80. The number of aromatic nitrogens is 2. The second-order valence-electron chi connectivity index (χ2n) is 4.52. The van der Waals surface area contributed by atoms with Crippen molar-refractivity contribution in [2.45, 2.75) is 18.8 Å². The van der Waals surface area contributed by atoms with E-state index in [1.165, 1.54) is 5.56 Å². The number of methoxy groups -OCH3 is 1. The van der Waals surface area contributed by atoms with Crippen molar-refractivity contribution in [3.05, 3.63) is 51.5 Å². The molecule has 0 radical (unpaired) electrons. The van der Waals surface area contributed by atoms with Crippen LogP contribution in [0, 0.1) is 0 Å². The molecule has 1 aliphatic rings. The van der Waals surface area contributed by atoms with E-state index in [0.717, 1.165) is 29.8 Å². The van der Waals surface area contributed by atoms with Crippen LogP contribution in [0.4, 0.5) is 0 Å². The van der Waals surface area contributed by atoms with Crippen molar-refractivity contribution in [1.29, 1.82) is 0 Å². The third kappa shape index (κ3) is 2.28. The molecule has 0 bridgehead atoms. The molecular formula is C14H12Cl2N2O. The van der Waals surface area contributed by atoms with Crippen molar-refractivity contribution in [1.82, 2.24) is 9.97 Å². The Labute approximate surface area is 121 Å². The van der Waals surface area contributed by atoms with Crippen LogP contribution in [0.2, 0.25) is 10.4 Å². The fourth-order valence-electron chi connectivity index (χ4n) is 2.57. The lowest BCUT2D eigenvalue weighted by Crippen LogP contribution is -2.01. The van der Waals surface area contributed by atoms with Gasteiger partial charge in [-0.3, -0.25) is 0 Å². The van der Waals surface area contributed by atoms with Crippen molar-refractivity contribution in [3.8, 4) is 5.75 Å². The minimum absolute atomic E-state index is 0.207. The molecule has 2 aromatic rings. The summed E-state index contributed by atoms with van der Waals surface area (Å²) in [5.74, 6) is 1.06. The average Bonchev–Trinajstić information content (AvgIpc) is 2.82. The van der Waals surface area contributed by atoms with E-state index in [1.54, 1.807) is 7.11 Å². The monoisotopic (exact) mass is 294 g/mol. The van der Waals surface area contributed by atoms with Crippen LogP contribution in [0.3, 0.4) is 0 Å². The summed E-state index contributed by atoms with van der Waals surface area (Å²) in [7, 11) is 1.66. The molecule has 0 spiro atoms. The molecule has 0 saturated carbocycles. The summed E-state index contributed by atoms with van der Waals surface area (Å²) in [5.41, 5.74) is 3.13. The Hall–Kier alpha value is -1.32. The lowest BCUT2D eigenvalue weighted by Gasteiger charge is -2.12.